The van der Waals surface area contributed by atoms with Gasteiger partial charge in [0.2, 0.25) is 0 Å². The van der Waals surface area contributed by atoms with E-state index in [1.54, 1.807) is 0 Å². The van der Waals surface area contributed by atoms with E-state index in [2.05, 4.69) is 26.1 Å². The fourth-order valence-electron chi connectivity index (χ4n) is 2.47. The van der Waals surface area contributed by atoms with Crippen molar-refractivity contribution in [1.29, 1.82) is 0 Å². The van der Waals surface area contributed by atoms with Crippen LogP contribution in [0.25, 0.3) is 0 Å². The Bertz CT molecular complexity index is 172. The van der Waals surface area contributed by atoms with Crippen LogP contribution in [0.1, 0.15) is 52.9 Å². The Morgan fingerprint density at radius 1 is 1.27 bits per heavy atom. The number of hydrogen-bond acceptors (Lipinski definition) is 2. The summed E-state index contributed by atoms with van der Waals surface area (Å²) in [6.45, 7) is 7.60. The number of hydrogen-bond donors (Lipinski definition) is 2. The lowest BCUT2D eigenvalue weighted by molar-refractivity contribution is 0.144. The zero-order valence-corrected chi connectivity index (χ0v) is 10.5. The molecule has 0 aromatic heterocycles. The molecule has 4 atom stereocenters. The number of aliphatic hydroxyl groups is 1. The summed E-state index contributed by atoms with van der Waals surface area (Å²) in [6.07, 6.45) is 5.74. The van der Waals surface area contributed by atoms with E-state index in [1.165, 1.54) is 19.3 Å². The summed E-state index contributed by atoms with van der Waals surface area (Å²) in [5.41, 5.74) is 0. The standard InChI is InChI=1S/C13H27NO/c1-4-5-13(15)9-14-12-7-6-10(2)11(3)8-12/h10-15H,4-9H2,1-3H3. The van der Waals surface area contributed by atoms with Gasteiger partial charge >= 0.3 is 0 Å². The summed E-state index contributed by atoms with van der Waals surface area (Å²) in [5.74, 6) is 1.71. The molecule has 1 saturated carbocycles. The highest BCUT2D eigenvalue weighted by Crippen LogP contribution is 2.29. The predicted octanol–water partition coefficient (Wildman–Crippen LogP) is 2.56. The van der Waals surface area contributed by atoms with E-state index in [0.717, 1.165) is 31.2 Å². The van der Waals surface area contributed by atoms with Crippen LogP contribution in [0.2, 0.25) is 0 Å². The molecule has 2 heteroatoms. The smallest absolute Gasteiger partial charge is 0.0664 e. The van der Waals surface area contributed by atoms with Crippen LogP contribution in [0, 0.1) is 11.8 Å². The zero-order chi connectivity index (χ0) is 11.3. The molecule has 0 aromatic rings. The van der Waals surface area contributed by atoms with Crippen molar-refractivity contribution in [3.05, 3.63) is 0 Å². The minimum atomic E-state index is -0.148. The van der Waals surface area contributed by atoms with Crippen molar-refractivity contribution < 1.29 is 5.11 Å². The molecule has 1 rings (SSSR count). The lowest BCUT2D eigenvalue weighted by Crippen LogP contribution is -2.40. The normalized spacial score (nSPS) is 34.0. The van der Waals surface area contributed by atoms with Crippen molar-refractivity contribution in [2.75, 3.05) is 6.54 Å². The zero-order valence-electron chi connectivity index (χ0n) is 10.5. The molecule has 0 amide bonds. The summed E-state index contributed by atoms with van der Waals surface area (Å²) in [5, 5.41) is 13.1. The van der Waals surface area contributed by atoms with Crippen LogP contribution in [-0.4, -0.2) is 23.8 Å². The van der Waals surface area contributed by atoms with E-state index in [0.29, 0.717) is 6.04 Å². The molecule has 0 heterocycles. The quantitative estimate of drug-likeness (QED) is 0.735. The van der Waals surface area contributed by atoms with E-state index in [1.807, 2.05) is 0 Å². The van der Waals surface area contributed by atoms with Gasteiger partial charge in [0.25, 0.3) is 0 Å². The molecule has 0 spiro atoms. The first-order valence-electron chi connectivity index (χ1n) is 6.55. The van der Waals surface area contributed by atoms with Crippen LogP contribution >= 0.6 is 0 Å². The van der Waals surface area contributed by atoms with Crippen molar-refractivity contribution in [3.8, 4) is 0 Å². The molecule has 90 valence electrons. The highest BCUT2D eigenvalue weighted by Gasteiger charge is 2.24. The monoisotopic (exact) mass is 213 g/mol. The van der Waals surface area contributed by atoms with Gasteiger partial charge in [-0.3, -0.25) is 0 Å². The molecule has 4 unspecified atom stereocenters. The highest BCUT2D eigenvalue weighted by molar-refractivity contribution is 4.80. The van der Waals surface area contributed by atoms with E-state index >= 15 is 0 Å². The highest BCUT2D eigenvalue weighted by atomic mass is 16.3. The van der Waals surface area contributed by atoms with E-state index in [-0.39, 0.29) is 6.10 Å². The number of aliphatic hydroxyl groups excluding tert-OH is 1. The van der Waals surface area contributed by atoms with Crippen LogP contribution in [0.4, 0.5) is 0 Å². The van der Waals surface area contributed by atoms with Crippen molar-refractivity contribution in [2.45, 2.75) is 65.0 Å². The first-order chi connectivity index (χ1) is 7.13. The first kappa shape index (κ1) is 13.0. The summed E-state index contributed by atoms with van der Waals surface area (Å²) in [7, 11) is 0. The van der Waals surface area contributed by atoms with Crippen molar-refractivity contribution in [2.24, 2.45) is 11.8 Å². The number of nitrogens with one attached hydrogen (secondary N) is 1. The van der Waals surface area contributed by atoms with Gasteiger partial charge in [0.05, 0.1) is 6.10 Å². The second-order valence-corrected chi connectivity index (χ2v) is 5.32. The minimum absolute atomic E-state index is 0.148. The summed E-state index contributed by atoms with van der Waals surface area (Å²) >= 11 is 0. The van der Waals surface area contributed by atoms with E-state index in [9.17, 15) is 5.11 Å². The van der Waals surface area contributed by atoms with Gasteiger partial charge in [0, 0.05) is 12.6 Å². The maximum Gasteiger partial charge on any atom is 0.0664 e. The Hall–Kier alpha value is -0.0800. The van der Waals surface area contributed by atoms with Gasteiger partial charge in [-0.15, -0.1) is 0 Å². The molecule has 15 heavy (non-hydrogen) atoms. The van der Waals surface area contributed by atoms with Crippen LogP contribution < -0.4 is 5.32 Å². The Labute approximate surface area is 94.5 Å². The Balaban J connectivity index is 2.16. The van der Waals surface area contributed by atoms with Crippen LogP contribution in [0.5, 0.6) is 0 Å². The lowest BCUT2D eigenvalue weighted by Gasteiger charge is -2.33. The number of rotatable bonds is 5. The second-order valence-electron chi connectivity index (χ2n) is 5.32. The maximum absolute atomic E-state index is 9.64. The third-order valence-corrected chi connectivity index (χ3v) is 3.86. The van der Waals surface area contributed by atoms with E-state index < -0.39 is 0 Å². The van der Waals surface area contributed by atoms with Crippen molar-refractivity contribution >= 4 is 0 Å². The Morgan fingerprint density at radius 2 is 2.00 bits per heavy atom. The average Bonchev–Trinajstić information content (AvgIpc) is 2.20. The molecule has 0 aromatic carbocycles. The Morgan fingerprint density at radius 3 is 2.60 bits per heavy atom. The largest absolute Gasteiger partial charge is 0.392 e. The molecule has 0 radical (unpaired) electrons. The molecule has 0 bridgehead atoms. The maximum atomic E-state index is 9.64. The minimum Gasteiger partial charge on any atom is -0.392 e. The fourth-order valence-corrected chi connectivity index (χ4v) is 2.47. The van der Waals surface area contributed by atoms with Crippen molar-refractivity contribution in [1.82, 2.24) is 5.32 Å². The summed E-state index contributed by atoms with van der Waals surface area (Å²) < 4.78 is 0. The molecule has 0 saturated heterocycles. The van der Waals surface area contributed by atoms with Crippen LogP contribution in [-0.2, 0) is 0 Å². The van der Waals surface area contributed by atoms with Gasteiger partial charge in [-0.05, 0) is 37.5 Å². The fraction of sp³-hybridized carbons (Fsp3) is 1.00. The van der Waals surface area contributed by atoms with Gasteiger partial charge in [0.1, 0.15) is 0 Å². The molecular formula is C13H27NO. The van der Waals surface area contributed by atoms with Gasteiger partial charge in [0.15, 0.2) is 0 Å². The molecular weight excluding hydrogens is 186 g/mol. The Kier molecular flexibility index (Phi) is 5.62. The summed E-state index contributed by atoms with van der Waals surface area (Å²) in [4.78, 5) is 0. The summed E-state index contributed by atoms with van der Waals surface area (Å²) in [6, 6.07) is 0.641. The predicted molar refractivity (Wildman–Crippen MR) is 64.9 cm³/mol. The molecule has 2 nitrogen and oxygen atoms in total. The van der Waals surface area contributed by atoms with Gasteiger partial charge in [-0.1, -0.05) is 27.2 Å². The molecule has 2 N–H and O–H groups in total. The van der Waals surface area contributed by atoms with Crippen molar-refractivity contribution in [3.63, 3.8) is 0 Å². The first-order valence-corrected chi connectivity index (χ1v) is 6.55. The average molecular weight is 213 g/mol. The SMILES string of the molecule is CCCC(O)CNC1CCC(C)C(C)C1. The third-order valence-electron chi connectivity index (χ3n) is 3.86. The third kappa shape index (κ3) is 4.52. The molecule has 0 aliphatic heterocycles. The molecule has 1 fully saturated rings. The van der Waals surface area contributed by atoms with Crippen LogP contribution in [0.3, 0.4) is 0 Å². The molecule has 1 aliphatic carbocycles. The van der Waals surface area contributed by atoms with Crippen LogP contribution in [0.15, 0.2) is 0 Å². The van der Waals surface area contributed by atoms with E-state index in [4.69, 9.17) is 0 Å². The molecule has 1 aliphatic rings. The lowest BCUT2D eigenvalue weighted by atomic mass is 9.79. The van der Waals surface area contributed by atoms with Gasteiger partial charge < -0.3 is 10.4 Å². The second kappa shape index (κ2) is 6.49. The topological polar surface area (TPSA) is 32.3 Å². The van der Waals surface area contributed by atoms with Gasteiger partial charge in [-0.2, -0.15) is 0 Å². The van der Waals surface area contributed by atoms with Gasteiger partial charge in [-0.25, -0.2) is 0 Å².